The lowest BCUT2D eigenvalue weighted by Gasteiger charge is -2.25. The molecule has 202 valence electrons. The van der Waals surface area contributed by atoms with Crippen LogP contribution in [-0.4, -0.2) is 83.8 Å². The molecule has 10 nitrogen and oxygen atoms in total. The molecule has 0 aliphatic carbocycles. The van der Waals surface area contributed by atoms with Crippen LogP contribution >= 0.6 is 0 Å². The van der Waals surface area contributed by atoms with E-state index >= 15 is 0 Å². The van der Waals surface area contributed by atoms with E-state index in [1.165, 1.54) is 25.1 Å². The number of methoxy groups -OCH3 is 1. The van der Waals surface area contributed by atoms with E-state index in [2.05, 4.69) is 34.1 Å². The number of aromatic nitrogens is 2. The number of ether oxygens (including phenoxy) is 1. The molecule has 0 fully saturated rings. The third kappa shape index (κ3) is 11.1. The fraction of sp³-hybridized carbons (Fsp3) is 0.577. The van der Waals surface area contributed by atoms with Gasteiger partial charge in [0.05, 0.1) is 24.6 Å². The predicted molar refractivity (Wildman–Crippen MR) is 141 cm³/mol. The van der Waals surface area contributed by atoms with Gasteiger partial charge in [-0.1, -0.05) is 6.58 Å². The van der Waals surface area contributed by atoms with Crippen LogP contribution in [0.4, 0.5) is 10.3 Å². The zero-order valence-corrected chi connectivity index (χ0v) is 21.7. The third-order valence-electron chi connectivity index (χ3n) is 5.99. The van der Waals surface area contributed by atoms with Gasteiger partial charge in [0.2, 0.25) is 5.95 Å². The van der Waals surface area contributed by atoms with Gasteiger partial charge in [0.1, 0.15) is 24.1 Å². The number of unbranched alkanes of at least 4 members (excludes halogenated alkanes) is 1. The summed E-state index contributed by atoms with van der Waals surface area (Å²) in [6.07, 6.45) is 8.00. The molecule has 1 aromatic heterocycles. The van der Waals surface area contributed by atoms with Gasteiger partial charge in [-0.3, -0.25) is 0 Å². The number of carbonyl (C=O) groups is 1. The summed E-state index contributed by atoms with van der Waals surface area (Å²) in [7, 11) is 1.45. The molecule has 3 N–H and O–H groups in total. The molecule has 2 heterocycles. The summed E-state index contributed by atoms with van der Waals surface area (Å²) in [5, 5.41) is 24.6. The number of aliphatic imine (C=N–C) groups is 1. The number of nitrogens with zero attached hydrogens (tertiary/aromatic N) is 5. The first kappa shape index (κ1) is 29.9. The molecule has 0 saturated heterocycles. The standard InChI is InChI=1S/C26H38FN7O3/c1-4-22(32-24-19(2)8-7-11-29-24)9-5-6-12-34(17-21(27)18-37-3)13-10-23(25(35)36)33-26-30-15-20(14-28)16-31-26/h4,15-16,21,23,29H,1,5-13,17-18H2,2-3H3,(H,35,36)(H,30,31,33)/b32-22+/t21-,23-/m0/s1. The van der Waals surface area contributed by atoms with E-state index in [0.717, 1.165) is 50.2 Å². The second-order valence-corrected chi connectivity index (χ2v) is 9.01. The Hall–Kier alpha value is -3.36. The van der Waals surface area contributed by atoms with Gasteiger partial charge in [0.15, 0.2) is 0 Å². The maximum absolute atomic E-state index is 14.4. The number of nitrogens with one attached hydrogen (secondary N) is 2. The van der Waals surface area contributed by atoms with Crippen molar-refractivity contribution >= 4 is 17.6 Å². The highest BCUT2D eigenvalue weighted by Gasteiger charge is 2.21. The maximum atomic E-state index is 14.4. The predicted octanol–water partition coefficient (Wildman–Crippen LogP) is 3.30. The number of nitriles is 1. The molecular weight excluding hydrogens is 477 g/mol. The normalized spacial score (nSPS) is 15.6. The molecule has 0 radical (unpaired) electrons. The summed E-state index contributed by atoms with van der Waals surface area (Å²) in [6, 6.07) is 0.953. The van der Waals surface area contributed by atoms with Crippen LogP contribution in [0, 0.1) is 11.3 Å². The minimum atomic E-state index is -1.18. The number of hydrogen-bond donors (Lipinski definition) is 3. The van der Waals surface area contributed by atoms with Crippen molar-refractivity contribution in [3.8, 4) is 6.07 Å². The molecule has 1 aliphatic rings. The molecule has 0 bridgehead atoms. The monoisotopic (exact) mass is 515 g/mol. The van der Waals surface area contributed by atoms with Crippen LogP contribution in [0.25, 0.3) is 0 Å². The van der Waals surface area contributed by atoms with Crippen molar-refractivity contribution in [3.63, 3.8) is 0 Å². The topological polar surface area (TPSA) is 136 Å². The number of rotatable bonds is 17. The van der Waals surface area contributed by atoms with Crippen molar-refractivity contribution in [2.24, 2.45) is 4.99 Å². The van der Waals surface area contributed by atoms with Crippen LogP contribution in [0.5, 0.6) is 0 Å². The van der Waals surface area contributed by atoms with Gasteiger partial charge >= 0.3 is 5.97 Å². The second kappa shape index (κ2) is 16.4. The highest BCUT2D eigenvalue weighted by Crippen LogP contribution is 2.16. The number of alkyl halides is 1. The first-order valence-corrected chi connectivity index (χ1v) is 12.6. The quantitative estimate of drug-likeness (QED) is 0.211. The van der Waals surface area contributed by atoms with Crippen LogP contribution in [-0.2, 0) is 9.53 Å². The first-order valence-electron chi connectivity index (χ1n) is 12.6. The van der Waals surface area contributed by atoms with Crippen molar-refractivity contribution in [1.82, 2.24) is 20.2 Å². The summed E-state index contributed by atoms with van der Waals surface area (Å²) in [5.41, 5.74) is 2.44. The first-order chi connectivity index (χ1) is 17.9. The van der Waals surface area contributed by atoms with Crippen LogP contribution in [0.15, 0.2) is 41.4 Å². The van der Waals surface area contributed by atoms with Gasteiger partial charge in [-0.05, 0) is 63.6 Å². The Morgan fingerprint density at radius 2 is 2.19 bits per heavy atom. The van der Waals surface area contributed by atoms with Gasteiger partial charge in [0.25, 0.3) is 0 Å². The molecule has 0 unspecified atom stereocenters. The van der Waals surface area contributed by atoms with Gasteiger partial charge < -0.3 is 25.4 Å². The number of anilines is 1. The van der Waals surface area contributed by atoms with E-state index in [1.54, 1.807) is 6.08 Å². The zero-order valence-electron chi connectivity index (χ0n) is 21.7. The Morgan fingerprint density at radius 3 is 2.81 bits per heavy atom. The van der Waals surface area contributed by atoms with Crippen molar-refractivity contribution in [2.75, 3.05) is 45.2 Å². The van der Waals surface area contributed by atoms with Crippen molar-refractivity contribution < 1.29 is 19.0 Å². The molecule has 2 rings (SSSR count). The van der Waals surface area contributed by atoms with Crippen molar-refractivity contribution in [3.05, 3.63) is 42.0 Å². The lowest BCUT2D eigenvalue weighted by atomic mass is 10.1. The van der Waals surface area contributed by atoms with Gasteiger partial charge in [0, 0.05) is 32.5 Å². The molecule has 2 atom stereocenters. The van der Waals surface area contributed by atoms with Crippen LogP contribution < -0.4 is 10.6 Å². The van der Waals surface area contributed by atoms with Gasteiger partial charge in [-0.15, -0.1) is 0 Å². The Morgan fingerprint density at radius 1 is 1.43 bits per heavy atom. The third-order valence-corrected chi connectivity index (χ3v) is 5.99. The maximum Gasteiger partial charge on any atom is 0.326 e. The molecule has 37 heavy (non-hydrogen) atoms. The Kier molecular flexibility index (Phi) is 13.2. The summed E-state index contributed by atoms with van der Waals surface area (Å²) < 4.78 is 19.3. The lowest BCUT2D eigenvalue weighted by Crippen LogP contribution is -2.39. The van der Waals surface area contributed by atoms with Crippen molar-refractivity contribution in [1.29, 1.82) is 5.26 Å². The number of carboxylic acid groups (broad SMARTS) is 1. The van der Waals surface area contributed by atoms with Crippen LogP contribution in [0.3, 0.4) is 0 Å². The fourth-order valence-electron chi connectivity index (χ4n) is 3.95. The minimum absolute atomic E-state index is 0.0229. The Bertz CT molecular complexity index is 975. The Balaban J connectivity index is 1.93. The smallest absolute Gasteiger partial charge is 0.326 e. The summed E-state index contributed by atoms with van der Waals surface area (Å²) in [5.74, 6) is -0.00910. The molecule has 0 aromatic carbocycles. The highest BCUT2D eigenvalue weighted by molar-refractivity contribution is 5.95. The van der Waals surface area contributed by atoms with E-state index in [-0.39, 0.29) is 31.1 Å². The largest absolute Gasteiger partial charge is 0.480 e. The number of carboxylic acids is 1. The van der Waals surface area contributed by atoms with Gasteiger partial charge in [-0.2, -0.15) is 5.26 Å². The zero-order chi connectivity index (χ0) is 27.0. The van der Waals surface area contributed by atoms with Gasteiger partial charge in [-0.25, -0.2) is 24.1 Å². The highest BCUT2D eigenvalue weighted by atomic mass is 19.1. The van der Waals surface area contributed by atoms with E-state index in [1.807, 2.05) is 11.0 Å². The van der Waals surface area contributed by atoms with Crippen LogP contribution in [0.2, 0.25) is 0 Å². The van der Waals surface area contributed by atoms with E-state index in [4.69, 9.17) is 15.0 Å². The average Bonchev–Trinajstić information content (AvgIpc) is 2.89. The molecule has 0 saturated carbocycles. The van der Waals surface area contributed by atoms with Crippen LogP contribution in [0.1, 0.15) is 51.0 Å². The molecular formula is C26H38FN7O3. The number of aliphatic carboxylic acids is 1. The molecule has 1 aromatic rings. The summed E-state index contributed by atoms with van der Waals surface area (Å²) >= 11 is 0. The van der Waals surface area contributed by atoms with E-state index < -0.39 is 18.2 Å². The summed E-state index contributed by atoms with van der Waals surface area (Å²) in [6.45, 7) is 7.99. The average molecular weight is 516 g/mol. The second-order valence-electron chi connectivity index (χ2n) is 9.01. The SMILES string of the molecule is C=C/C(CCCCN(CC[C@H](Nc1ncc(C#N)cn1)C(=O)O)C[C@H](F)COC)=N\C1=C(C)CCCN1. The molecule has 1 aliphatic heterocycles. The molecule has 0 spiro atoms. The number of hydrogen-bond acceptors (Lipinski definition) is 9. The van der Waals surface area contributed by atoms with E-state index in [9.17, 15) is 14.3 Å². The van der Waals surface area contributed by atoms with Crippen molar-refractivity contribution in [2.45, 2.75) is 57.7 Å². The molecule has 0 amide bonds. The minimum Gasteiger partial charge on any atom is -0.480 e. The lowest BCUT2D eigenvalue weighted by molar-refractivity contribution is -0.138. The number of halogens is 1. The summed E-state index contributed by atoms with van der Waals surface area (Å²) in [4.78, 5) is 26.4. The van der Waals surface area contributed by atoms with E-state index in [0.29, 0.717) is 13.1 Å². The molecule has 11 heteroatoms. The Labute approximate surface area is 218 Å². The number of allylic oxidation sites excluding steroid dienone is 2. The fourth-order valence-corrected chi connectivity index (χ4v) is 3.95.